The van der Waals surface area contributed by atoms with Crippen molar-refractivity contribution in [3.63, 3.8) is 0 Å². The molecule has 0 radical (unpaired) electrons. The first-order valence-electron chi connectivity index (χ1n) is 14.3. The zero-order valence-electron chi connectivity index (χ0n) is 24.6. The van der Waals surface area contributed by atoms with Crippen LogP contribution in [0.15, 0.2) is 58.4 Å². The van der Waals surface area contributed by atoms with Crippen LogP contribution in [-0.2, 0) is 24.2 Å². The molecule has 0 fully saturated rings. The minimum absolute atomic E-state index is 0.0717. The molecule has 0 saturated heterocycles. The van der Waals surface area contributed by atoms with Gasteiger partial charge in [0.05, 0.1) is 35.1 Å². The van der Waals surface area contributed by atoms with E-state index >= 15 is 0 Å². The Hall–Kier alpha value is -4.62. The Labute approximate surface area is 253 Å². The van der Waals surface area contributed by atoms with Gasteiger partial charge in [-0.15, -0.1) is 11.8 Å². The number of hydrogen-bond acceptors (Lipinski definition) is 7. The molecule has 0 unspecified atom stereocenters. The third kappa shape index (κ3) is 5.25. The number of carbonyl (C=O) groups excluding carboxylic acids is 1. The largest absolute Gasteiger partial charge is 0.444 e. The highest BCUT2D eigenvalue weighted by atomic mass is 32.2. The van der Waals surface area contributed by atoms with E-state index < -0.39 is 11.7 Å². The topological polar surface area (TPSA) is 126 Å². The number of ether oxygens (including phenoxy) is 1. The lowest BCUT2D eigenvalue weighted by molar-refractivity contribution is 0.0523. The van der Waals surface area contributed by atoms with Crippen molar-refractivity contribution in [3.05, 3.63) is 75.8 Å². The molecule has 0 spiro atoms. The number of carbonyl (C=O) groups is 1. The minimum Gasteiger partial charge on any atom is -0.444 e. The van der Waals surface area contributed by atoms with Crippen molar-refractivity contribution in [2.45, 2.75) is 63.6 Å². The number of benzene rings is 3. The molecule has 1 aliphatic heterocycles. The molecule has 0 bridgehead atoms. The van der Waals surface area contributed by atoms with Crippen LogP contribution in [0.2, 0.25) is 0 Å². The second kappa shape index (κ2) is 11.2. The summed E-state index contributed by atoms with van der Waals surface area (Å²) in [6.45, 7) is 6.20. The van der Waals surface area contributed by atoms with Gasteiger partial charge in [-0.05, 0) is 74.9 Å². The number of nitrogens with one attached hydrogen (secondary N) is 2. The molecule has 10 heteroatoms. The number of hydrogen-bond donors (Lipinski definition) is 2. The molecule has 43 heavy (non-hydrogen) atoms. The Bertz CT molecular complexity index is 2000. The lowest BCUT2D eigenvalue weighted by atomic mass is 9.87. The van der Waals surface area contributed by atoms with Crippen LogP contribution in [0.1, 0.15) is 50.4 Å². The maximum atomic E-state index is 12.7. The van der Waals surface area contributed by atoms with Gasteiger partial charge in [-0.25, -0.2) is 9.89 Å². The number of aryl methyl sites for hydroxylation is 1. The highest BCUT2D eigenvalue weighted by Gasteiger charge is 2.27. The molecule has 6 rings (SSSR count). The van der Waals surface area contributed by atoms with Gasteiger partial charge in [0, 0.05) is 33.3 Å². The van der Waals surface area contributed by atoms with Gasteiger partial charge in [-0.1, -0.05) is 30.3 Å². The van der Waals surface area contributed by atoms with Crippen LogP contribution in [-0.4, -0.2) is 37.9 Å². The lowest BCUT2D eigenvalue weighted by Gasteiger charge is -2.23. The average molecular weight is 593 g/mol. The SMILES string of the molecule is CSc1c2c(c(C#N)c3ccccc13)-c1c(-c3ccc4c(=O)[nH]nc(CNC(=O)OC(C)(C)C)c4c3)cnn1CCCC2. The Morgan fingerprint density at radius 3 is 2.67 bits per heavy atom. The van der Waals surface area contributed by atoms with E-state index in [1.807, 2.05) is 41.2 Å². The molecule has 1 amide bonds. The predicted molar refractivity (Wildman–Crippen MR) is 169 cm³/mol. The normalized spacial score (nSPS) is 13.1. The van der Waals surface area contributed by atoms with Crippen LogP contribution >= 0.6 is 11.8 Å². The second-order valence-electron chi connectivity index (χ2n) is 11.6. The summed E-state index contributed by atoms with van der Waals surface area (Å²) >= 11 is 1.71. The van der Waals surface area contributed by atoms with Gasteiger partial charge >= 0.3 is 6.09 Å². The van der Waals surface area contributed by atoms with Crippen molar-refractivity contribution in [1.29, 1.82) is 5.26 Å². The van der Waals surface area contributed by atoms with Gasteiger partial charge in [0.2, 0.25) is 0 Å². The fourth-order valence-corrected chi connectivity index (χ4v) is 6.74. The number of aromatic nitrogens is 4. The number of aromatic amines is 1. The summed E-state index contributed by atoms with van der Waals surface area (Å²) in [6.07, 6.45) is 6.20. The first-order valence-corrected chi connectivity index (χ1v) is 15.5. The number of nitrogens with zero attached hydrogens (tertiary/aromatic N) is 4. The fraction of sp³-hybridized carbons (Fsp3) is 0.303. The zero-order chi connectivity index (χ0) is 30.3. The highest BCUT2D eigenvalue weighted by Crippen LogP contribution is 2.45. The van der Waals surface area contributed by atoms with Crippen LogP contribution in [0.5, 0.6) is 0 Å². The first kappa shape index (κ1) is 28.5. The van der Waals surface area contributed by atoms with Crippen molar-refractivity contribution in [2.24, 2.45) is 0 Å². The fourth-order valence-electron chi connectivity index (χ4n) is 5.90. The van der Waals surface area contributed by atoms with E-state index in [0.717, 1.165) is 59.0 Å². The van der Waals surface area contributed by atoms with E-state index in [-0.39, 0.29) is 12.1 Å². The average Bonchev–Trinajstić information content (AvgIpc) is 3.38. The van der Waals surface area contributed by atoms with Gasteiger partial charge in [0.25, 0.3) is 5.56 Å². The van der Waals surface area contributed by atoms with Crippen LogP contribution in [0.3, 0.4) is 0 Å². The van der Waals surface area contributed by atoms with E-state index in [0.29, 0.717) is 22.0 Å². The standard InChI is InChI=1S/C33H32N6O3S/c1-33(2,3)42-32(41)35-18-27-24-15-19(12-13-22(24)31(40)38-37-27)26-17-36-39-14-8-7-11-23-28(29(26)39)25(16-34)20-9-5-6-10-21(20)30(23)43-4/h5-6,9-10,12-13,15,17H,7-8,11,14,18H2,1-4H3,(H,35,41)(H,38,40). The smallest absolute Gasteiger partial charge is 0.407 e. The van der Waals surface area contributed by atoms with Gasteiger partial charge < -0.3 is 10.1 Å². The number of amides is 1. The Morgan fingerprint density at radius 2 is 1.93 bits per heavy atom. The predicted octanol–water partition coefficient (Wildman–Crippen LogP) is 6.56. The summed E-state index contributed by atoms with van der Waals surface area (Å²) in [7, 11) is 0. The summed E-state index contributed by atoms with van der Waals surface area (Å²) in [6, 6.07) is 16.2. The van der Waals surface area contributed by atoms with E-state index in [2.05, 4.69) is 33.9 Å². The number of nitriles is 1. The Balaban J connectivity index is 1.54. The van der Waals surface area contributed by atoms with Crippen molar-refractivity contribution in [2.75, 3.05) is 6.26 Å². The summed E-state index contributed by atoms with van der Waals surface area (Å²) in [4.78, 5) is 26.3. The van der Waals surface area contributed by atoms with Gasteiger partial charge in [0.15, 0.2) is 0 Å². The second-order valence-corrected chi connectivity index (χ2v) is 12.4. The number of fused-ring (bicyclic) bond motifs is 5. The molecule has 3 aromatic carbocycles. The Morgan fingerprint density at radius 1 is 1.14 bits per heavy atom. The number of H-pyrrole nitrogens is 1. The number of thioether (sulfide) groups is 1. The summed E-state index contributed by atoms with van der Waals surface area (Å²) in [5.74, 6) is 0. The molecule has 1 aliphatic rings. The maximum absolute atomic E-state index is 12.7. The quantitative estimate of drug-likeness (QED) is 0.226. The molecular weight excluding hydrogens is 560 g/mol. The van der Waals surface area contributed by atoms with Gasteiger partial charge in [-0.3, -0.25) is 9.48 Å². The third-order valence-electron chi connectivity index (χ3n) is 7.68. The zero-order valence-corrected chi connectivity index (χ0v) is 25.4. The van der Waals surface area contributed by atoms with E-state index in [9.17, 15) is 14.9 Å². The lowest BCUT2D eigenvalue weighted by Crippen LogP contribution is -2.32. The maximum Gasteiger partial charge on any atom is 0.407 e. The molecule has 5 aromatic rings. The van der Waals surface area contributed by atoms with Crippen molar-refractivity contribution < 1.29 is 9.53 Å². The third-order valence-corrected chi connectivity index (χ3v) is 8.56. The van der Waals surface area contributed by atoms with E-state index in [1.54, 1.807) is 38.6 Å². The number of rotatable bonds is 4. The summed E-state index contributed by atoms with van der Waals surface area (Å²) in [5.41, 5.74) is 4.90. The monoisotopic (exact) mass is 592 g/mol. The molecule has 218 valence electrons. The van der Waals surface area contributed by atoms with Gasteiger partial charge in [-0.2, -0.15) is 15.5 Å². The first-order chi connectivity index (χ1) is 20.7. The van der Waals surface area contributed by atoms with Crippen molar-refractivity contribution in [3.8, 4) is 28.5 Å². The van der Waals surface area contributed by atoms with Crippen molar-refractivity contribution in [1.82, 2.24) is 25.3 Å². The van der Waals surface area contributed by atoms with Crippen LogP contribution in [0.25, 0.3) is 43.9 Å². The number of alkyl carbamates (subject to hydrolysis) is 1. The van der Waals surface area contributed by atoms with E-state index in [4.69, 9.17) is 9.84 Å². The van der Waals surface area contributed by atoms with Crippen LogP contribution < -0.4 is 10.9 Å². The van der Waals surface area contributed by atoms with E-state index in [1.165, 1.54) is 10.5 Å². The molecule has 0 atom stereocenters. The van der Waals surface area contributed by atoms with Crippen LogP contribution in [0.4, 0.5) is 4.79 Å². The molecule has 3 heterocycles. The summed E-state index contributed by atoms with van der Waals surface area (Å²) < 4.78 is 7.39. The molecule has 0 aliphatic carbocycles. The Kier molecular flexibility index (Phi) is 7.44. The molecule has 9 nitrogen and oxygen atoms in total. The van der Waals surface area contributed by atoms with Crippen LogP contribution in [0, 0.1) is 11.3 Å². The minimum atomic E-state index is -0.642. The van der Waals surface area contributed by atoms with Crippen molar-refractivity contribution >= 4 is 39.4 Å². The summed E-state index contributed by atoms with van der Waals surface area (Å²) in [5, 5.41) is 28.0. The molecular formula is C33H32N6O3S. The highest BCUT2D eigenvalue weighted by molar-refractivity contribution is 7.98. The molecule has 2 aromatic heterocycles. The van der Waals surface area contributed by atoms with Gasteiger partial charge in [0.1, 0.15) is 11.7 Å². The molecule has 2 N–H and O–H groups in total. The molecule has 0 saturated carbocycles.